The molecule has 1 aromatic carbocycles. The maximum Gasteiger partial charge on any atom is 0.242 e. The van der Waals surface area contributed by atoms with Crippen LogP contribution in [0.25, 0.3) is 5.69 Å². The van der Waals surface area contributed by atoms with Gasteiger partial charge in [-0.1, -0.05) is 11.6 Å². The van der Waals surface area contributed by atoms with Gasteiger partial charge in [-0.05, 0) is 37.1 Å². The van der Waals surface area contributed by atoms with Crippen LogP contribution in [0.5, 0.6) is 0 Å². The lowest BCUT2D eigenvalue weighted by atomic mass is 10.2. The SMILES string of the molecule is CN(C)S(=O)(=O)c1ccc(-n2nccc2C2CC2)c(Cl)c1. The van der Waals surface area contributed by atoms with Crippen molar-refractivity contribution in [2.45, 2.75) is 23.7 Å². The zero-order valence-corrected chi connectivity index (χ0v) is 13.4. The standard InChI is InChI=1S/C14H16ClN3O2S/c1-17(2)21(19,20)11-5-6-14(12(15)9-11)18-13(7-8-16-18)10-3-4-10/h5-10H,3-4H2,1-2H3. The molecule has 2 aromatic rings. The summed E-state index contributed by atoms with van der Waals surface area (Å²) in [4.78, 5) is 0.182. The molecule has 1 heterocycles. The molecule has 21 heavy (non-hydrogen) atoms. The maximum absolute atomic E-state index is 12.1. The zero-order valence-electron chi connectivity index (χ0n) is 11.8. The van der Waals surface area contributed by atoms with Crippen LogP contribution in [0.1, 0.15) is 24.5 Å². The highest BCUT2D eigenvalue weighted by Crippen LogP contribution is 2.41. The summed E-state index contributed by atoms with van der Waals surface area (Å²) in [5, 5.41) is 4.69. The first-order valence-corrected chi connectivity index (χ1v) is 8.49. The summed E-state index contributed by atoms with van der Waals surface area (Å²) < 4.78 is 27.2. The highest BCUT2D eigenvalue weighted by atomic mass is 35.5. The van der Waals surface area contributed by atoms with E-state index in [0.717, 1.165) is 18.5 Å². The van der Waals surface area contributed by atoms with E-state index in [9.17, 15) is 8.42 Å². The van der Waals surface area contributed by atoms with Gasteiger partial charge in [-0.2, -0.15) is 5.10 Å². The Morgan fingerprint density at radius 1 is 1.29 bits per heavy atom. The van der Waals surface area contributed by atoms with Crippen LogP contribution in [-0.2, 0) is 10.0 Å². The number of benzene rings is 1. The Bertz CT molecular complexity index is 779. The first kappa shape index (κ1) is 14.6. The molecule has 0 bridgehead atoms. The number of rotatable bonds is 4. The topological polar surface area (TPSA) is 55.2 Å². The van der Waals surface area contributed by atoms with Crippen LogP contribution in [-0.4, -0.2) is 36.6 Å². The van der Waals surface area contributed by atoms with Crippen molar-refractivity contribution in [2.24, 2.45) is 0 Å². The van der Waals surface area contributed by atoms with E-state index in [1.54, 1.807) is 23.0 Å². The van der Waals surface area contributed by atoms with E-state index >= 15 is 0 Å². The van der Waals surface area contributed by atoms with E-state index in [2.05, 4.69) is 5.10 Å². The van der Waals surface area contributed by atoms with Gasteiger partial charge in [-0.15, -0.1) is 0 Å². The van der Waals surface area contributed by atoms with Crippen molar-refractivity contribution in [3.63, 3.8) is 0 Å². The van der Waals surface area contributed by atoms with Crippen molar-refractivity contribution in [1.29, 1.82) is 0 Å². The van der Waals surface area contributed by atoms with Crippen LogP contribution in [0, 0.1) is 0 Å². The fourth-order valence-electron chi connectivity index (χ4n) is 2.23. The van der Waals surface area contributed by atoms with Crippen LogP contribution < -0.4 is 0 Å². The number of nitrogens with zero attached hydrogens (tertiary/aromatic N) is 3. The van der Waals surface area contributed by atoms with Gasteiger partial charge in [0.05, 0.1) is 15.6 Å². The van der Waals surface area contributed by atoms with Gasteiger partial charge in [0, 0.05) is 31.9 Å². The minimum Gasteiger partial charge on any atom is -0.236 e. The number of sulfonamides is 1. The summed E-state index contributed by atoms with van der Waals surface area (Å²) >= 11 is 6.28. The third kappa shape index (κ3) is 2.59. The van der Waals surface area contributed by atoms with Crippen LogP contribution >= 0.6 is 11.6 Å². The maximum atomic E-state index is 12.1. The van der Waals surface area contributed by atoms with E-state index in [4.69, 9.17) is 11.6 Å². The molecule has 0 spiro atoms. The number of aromatic nitrogens is 2. The van der Waals surface area contributed by atoms with Gasteiger partial charge < -0.3 is 0 Å². The van der Waals surface area contributed by atoms with Crippen molar-refractivity contribution >= 4 is 21.6 Å². The lowest BCUT2D eigenvalue weighted by Crippen LogP contribution is -2.22. The van der Waals surface area contributed by atoms with Gasteiger partial charge >= 0.3 is 0 Å². The largest absolute Gasteiger partial charge is 0.242 e. The molecule has 1 aliphatic rings. The van der Waals surface area contributed by atoms with Gasteiger partial charge in [0.1, 0.15) is 0 Å². The van der Waals surface area contributed by atoms with Gasteiger partial charge in [0.15, 0.2) is 0 Å². The van der Waals surface area contributed by atoms with Crippen LogP contribution in [0.3, 0.4) is 0 Å². The molecule has 0 atom stereocenters. The fourth-order valence-corrected chi connectivity index (χ4v) is 3.49. The molecule has 0 amide bonds. The van der Waals surface area contributed by atoms with E-state index in [1.165, 1.54) is 24.5 Å². The first-order chi connectivity index (χ1) is 9.91. The normalized spacial score (nSPS) is 15.6. The summed E-state index contributed by atoms with van der Waals surface area (Å²) in [6.07, 6.45) is 4.07. The van der Waals surface area contributed by atoms with Crippen molar-refractivity contribution in [3.05, 3.63) is 41.2 Å². The molecule has 1 fully saturated rings. The molecule has 1 saturated carbocycles. The van der Waals surface area contributed by atoms with Crippen LogP contribution in [0.4, 0.5) is 0 Å². The minimum absolute atomic E-state index is 0.182. The predicted octanol–water partition coefficient (Wildman–Crippen LogP) is 2.65. The summed E-state index contributed by atoms with van der Waals surface area (Å²) in [5.41, 5.74) is 1.83. The van der Waals surface area contributed by atoms with Crippen molar-refractivity contribution in [3.8, 4) is 5.69 Å². The second-order valence-electron chi connectivity index (χ2n) is 5.34. The van der Waals surface area contributed by atoms with Gasteiger partial charge in [-0.25, -0.2) is 17.4 Å². The summed E-state index contributed by atoms with van der Waals surface area (Å²) in [6.45, 7) is 0. The third-order valence-electron chi connectivity index (χ3n) is 3.59. The van der Waals surface area contributed by atoms with Gasteiger partial charge in [0.2, 0.25) is 10.0 Å². The fraction of sp³-hybridized carbons (Fsp3) is 0.357. The Hall–Kier alpha value is -1.37. The molecule has 0 radical (unpaired) electrons. The quantitative estimate of drug-likeness (QED) is 0.868. The van der Waals surface area contributed by atoms with E-state index in [-0.39, 0.29) is 4.90 Å². The molecule has 0 N–H and O–H groups in total. The molecule has 5 nitrogen and oxygen atoms in total. The lowest BCUT2D eigenvalue weighted by molar-refractivity contribution is 0.520. The zero-order chi connectivity index (χ0) is 15.2. The highest BCUT2D eigenvalue weighted by molar-refractivity contribution is 7.89. The van der Waals surface area contributed by atoms with Crippen LogP contribution in [0.15, 0.2) is 35.4 Å². The van der Waals surface area contributed by atoms with Gasteiger partial charge in [-0.3, -0.25) is 0 Å². The molecular formula is C14H16ClN3O2S. The Morgan fingerprint density at radius 3 is 2.57 bits per heavy atom. The second kappa shape index (κ2) is 5.12. The monoisotopic (exact) mass is 325 g/mol. The molecule has 0 saturated heterocycles. The summed E-state index contributed by atoms with van der Waals surface area (Å²) in [6, 6.07) is 6.73. The average Bonchev–Trinajstić information content (AvgIpc) is 3.16. The third-order valence-corrected chi connectivity index (χ3v) is 5.71. The Kier molecular flexibility index (Phi) is 3.55. The van der Waals surface area contributed by atoms with Crippen LogP contribution in [0.2, 0.25) is 5.02 Å². The first-order valence-electron chi connectivity index (χ1n) is 6.67. The van der Waals surface area contributed by atoms with E-state index < -0.39 is 10.0 Å². The second-order valence-corrected chi connectivity index (χ2v) is 7.90. The summed E-state index contributed by atoms with van der Waals surface area (Å²) in [7, 11) is -0.488. The Labute approximate surface area is 129 Å². The van der Waals surface area contributed by atoms with Crippen molar-refractivity contribution in [2.75, 3.05) is 14.1 Å². The molecule has 1 aliphatic carbocycles. The molecule has 0 unspecified atom stereocenters. The molecule has 1 aromatic heterocycles. The number of hydrogen-bond acceptors (Lipinski definition) is 3. The average molecular weight is 326 g/mol. The van der Waals surface area contributed by atoms with Crippen molar-refractivity contribution in [1.82, 2.24) is 14.1 Å². The summed E-state index contributed by atoms with van der Waals surface area (Å²) in [5.74, 6) is 0.536. The smallest absolute Gasteiger partial charge is 0.236 e. The minimum atomic E-state index is -3.48. The number of halogens is 1. The van der Waals surface area contributed by atoms with E-state index in [0.29, 0.717) is 16.6 Å². The molecular weight excluding hydrogens is 310 g/mol. The molecule has 112 valence electrons. The predicted molar refractivity (Wildman–Crippen MR) is 81.4 cm³/mol. The van der Waals surface area contributed by atoms with Crippen molar-refractivity contribution < 1.29 is 8.42 Å². The van der Waals surface area contributed by atoms with E-state index in [1.807, 2.05) is 6.07 Å². The Morgan fingerprint density at radius 2 is 2.00 bits per heavy atom. The molecule has 0 aliphatic heterocycles. The lowest BCUT2D eigenvalue weighted by Gasteiger charge is -2.14. The number of hydrogen-bond donors (Lipinski definition) is 0. The molecule has 3 rings (SSSR count). The highest BCUT2D eigenvalue weighted by Gasteiger charge is 2.28. The molecule has 7 heteroatoms. The Balaban J connectivity index is 2.04. The van der Waals surface area contributed by atoms with Gasteiger partial charge in [0.25, 0.3) is 0 Å².